The Morgan fingerprint density at radius 1 is 1.29 bits per heavy atom. The van der Waals surface area contributed by atoms with Gasteiger partial charge in [-0.15, -0.1) is 0 Å². The van der Waals surface area contributed by atoms with Crippen molar-refractivity contribution in [3.63, 3.8) is 0 Å². The number of rotatable bonds is 7. The summed E-state index contributed by atoms with van der Waals surface area (Å²) in [6, 6.07) is 9.51. The molecule has 2 rings (SSSR count). The second-order valence-corrected chi connectivity index (χ2v) is 5.84. The Bertz CT molecular complexity index is 684. The topological polar surface area (TPSA) is 54.5 Å². The first-order chi connectivity index (χ1) is 11.5. The van der Waals surface area contributed by atoms with E-state index in [0.29, 0.717) is 11.4 Å². The number of pyridine rings is 1. The Labute approximate surface area is 143 Å². The molecule has 0 atom stereocenters. The number of benzene rings is 1. The molecule has 0 saturated heterocycles. The fourth-order valence-electron chi connectivity index (χ4n) is 2.37. The van der Waals surface area contributed by atoms with E-state index in [4.69, 9.17) is 4.74 Å². The zero-order valence-corrected chi connectivity index (χ0v) is 14.8. The maximum atomic E-state index is 12.3. The number of nitrogens with one attached hydrogen (secondary N) is 1. The first-order valence-corrected chi connectivity index (χ1v) is 8.18. The fourth-order valence-corrected chi connectivity index (χ4v) is 2.37. The van der Waals surface area contributed by atoms with Crippen LogP contribution >= 0.6 is 0 Å². The normalized spacial score (nSPS) is 10.3. The van der Waals surface area contributed by atoms with Crippen LogP contribution in [0.3, 0.4) is 0 Å². The number of ether oxygens (including phenoxy) is 1. The number of amides is 1. The number of aryl methyl sites for hydroxylation is 1. The number of hydrogen-bond acceptors (Lipinski definition) is 4. The third kappa shape index (κ3) is 4.47. The summed E-state index contributed by atoms with van der Waals surface area (Å²) in [4.78, 5) is 18.4. The number of nitrogens with zero attached hydrogens (tertiary/aromatic N) is 2. The van der Waals surface area contributed by atoms with Crippen LogP contribution in [0.4, 0.5) is 11.5 Å². The number of carbonyl (C=O) groups excluding carboxylic acids is 1. The lowest BCUT2D eigenvalue weighted by atomic mass is 10.2. The number of hydrogen-bond donors (Lipinski definition) is 1. The highest BCUT2D eigenvalue weighted by molar-refractivity contribution is 5.94. The number of unbranched alkanes of at least 4 members (excludes halogenated alkanes) is 1. The zero-order chi connectivity index (χ0) is 17.5. The molecular weight excluding hydrogens is 302 g/mol. The van der Waals surface area contributed by atoms with Crippen LogP contribution in [-0.2, 0) is 0 Å². The van der Waals surface area contributed by atoms with E-state index in [1.807, 2.05) is 38.2 Å². The summed E-state index contributed by atoms with van der Waals surface area (Å²) >= 11 is 0. The van der Waals surface area contributed by atoms with Crippen molar-refractivity contribution in [3.05, 3.63) is 47.7 Å². The molecule has 2 aromatic rings. The molecule has 0 spiro atoms. The van der Waals surface area contributed by atoms with Gasteiger partial charge >= 0.3 is 0 Å². The highest BCUT2D eigenvalue weighted by atomic mass is 16.5. The van der Waals surface area contributed by atoms with Crippen molar-refractivity contribution in [2.75, 3.05) is 26.0 Å². The van der Waals surface area contributed by atoms with E-state index in [-0.39, 0.29) is 5.91 Å². The van der Waals surface area contributed by atoms with E-state index in [1.165, 1.54) is 0 Å². The highest BCUT2D eigenvalue weighted by Crippen LogP contribution is 2.27. The summed E-state index contributed by atoms with van der Waals surface area (Å²) in [6.07, 6.45) is 3.68. The minimum atomic E-state index is -0.00404. The van der Waals surface area contributed by atoms with Gasteiger partial charge in [-0.2, -0.15) is 0 Å². The average Bonchev–Trinajstić information content (AvgIpc) is 2.60. The molecule has 1 aromatic heterocycles. The van der Waals surface area contributed by atoms with E-state index in [2.05, 4.69) is 17.2 Å². The highest BCUT2D eigenvalue weighted by Gasteiger charge is 2.12. The smallest absolute Gasteiger partial charge is 0.255 e. The van der Waals surface area contributed by atoms with Crippen LogP contribution in [0.5, 0.6) is 5.75 Å². The molecule has 0 fully saturated rings. The van der Waals surface area contributed by atoms with Crippen LogP contribution in [-0.4, -0.2) is 36.5 Å². The molecule has 1 amide bonds. The zero-order valence-electron chi connectivity index (χ0n) is 14.8. The van der Waals surface area contributed by atoms with Gasteiger partial charge in [-0.3, -0.25) is 4.79 Å². The summed E-state index contributed by atoms with van der Waals surface area (Å²) in [7, 11) is 3.46. The minimum absolute atomic E-state index is 0.00404. The summed E-state index contributed by atoms with van der Waals surface area (Å²) in [6.45, 7) is 4.89. The summed E-state index contributed by atoms with van der Waals surface area (Å²) < 4.78 is 5.35. The predicted octanol–water partition coefficient (Wildman–Crippen LogP) is 4.01. The summed E-state index contributed by atoms with van der Waals surface area (Å²) in [5.74, 6) is 1.42. The maximum absolute atomic E-state index is 12.3. The number of methoxy groups -OCH3 is 1. The van der Waals surface area contributed by atoms with Crippen molar-refractivity contribution in [1.29, 1.82) is 0 Å². The van der Waals surface area contributed by atoms with Crippen molar-refractivity contribution >= 4 is 17.4 Å². The van der Waals surface area contributed by atoms with Crippen LogP contribution in [0.2, 0.25) is 0 Å². The second kappa shape index (κ2) is 8.34. The quantitative estimate of drug-likeness (QED) is 0.834. The molecule has 0 radical (unpaired) electrons. The predicted molar refractivity (Wildman–Crippen MR) is 97.1 cm³/mol. The Kier molecular flexibility index (Phi) is 6.18. The molecule has 0 aliphatic carbocycles. The van der Waals surface area contributed by atoms with Gasteiger partial charge in [0.1, 0.15) is 11.6 Å². The molecule has 0 aliphatic rings. The average molecular weight is 327 g/mol. The van der Waals surface area contributed by atoms with E-state index < -0.39 is 0 Å². The summed E-state index contributed by atoms with van der Waals surface area (Å²) in [5, 5.41) is 3.23. The molecule has 128 valence electrons. The third-order valence-electron chi connectivity index (χ3n) is 3.82. The Morgan fingerprint density at radius 2 is 2.08 bits per heavy atom. The van der Waals surface area contributed by atoms with Gasteiger partial charge < -0.3 is 15.0 Å². The van der Waals surface area contributed by atoms with Gasteiger partial charge in [0, 0.05) is 19.8 Å². The molecule has 5 heteroatoms. The van der Waals surface area contributed by atoms with Gasteiger partial charge in [-0.25, -0.2) is 4.98 Å². The number of aromatic nitrogens is 1. The van der Waals surface area contributed by atoms with Crippen molar-refractivity contribution < 1.29 is 9.53 Å². The van der Waals surface area contributed by atoms with Crippen LogP contribution < -0.4 is 10.1 Å². The standard InChI is InChI=1S/C19H25N3O2/c1-5-6-11-22(3)19(23)15-8-10-18(20-13-15)21-16-12-14(2)7-9-17(16)24-4/h7-10,12-13H,5-6,11H2,1-4H3,(H,20,21). The van der Waals surface area contributed by atoms with Gasteiger partial charge in [0.25, 0.3) is 5.91 Å². The first-order valence-electron chi connectivity index (χ1n) is 8.18. The monoisotopic (exact) mass is 327 g/mol. The molecule has 24 heavy (non-hydrogen) atoms. The van der Waals surface area contributed by atoms with Gasteiger partial charge in [-0.05, 0) is 43.2 Å². The molecule has 0 bridgehead atoms. The van der Waals surface area contributed by atoms with Crippen molar-refractivity contribution in [3.8, 4) is 5.75 Å². The lowest BCUT2D eigenvalue weighted by molar-refractivity contribution is 0.0793. The van der Waals surface area contributed by atoms with Crippen LogP contribution in [0.15, 0.2) is 36.5 Å². The summed E-state index contributed by atoms with van der Waals surface area (Å²) in [5.41, 5.74) is 2.57. The van der Waals surface area contributed by atoms with E-state index in [0.717, 1.165) is 36.4 Å². The van der Waals surface area contributed by atoms with E-state index in [1.54, 1.807) is 24.3 Å². The largest absolute Gasteiger partial charge is 0.495 e. The minimum Gasteiger partial charge on any atom is -0.495 e. The van der Waals surface area contributed by atoms with Crippen LogP contribution in [0, 0.1) is 6.92 Å². The number of anilines is 2. The Morgan fingerprint density at radius 3 is 2.71 bits per heavy atom. The van der Waals surface area contributed by atoms with Gasteiger partial charge in [0.15, 0.2) is 0 Å². The lowest BCUT2D eigenvalue weighted by Crippen LogP contribution is -2.27. The fraction of sp³-hybridized carbons (Fsp3) is 0.368. The molecule has 1 aromatic carbocycles. The SMILES string of the molecule is CCCCN(C)C(=O)c1ccc(Nc2cc(C)ccc2OC)nc1. The molecule has 1 heterocycles. The molecular formula is C19H25N3O2. The third-order valence-corrected chi connectivity index (χ3v) is 3.82. The van der Waals surface area contributed by atoms with Crippen LogP contribution in [0.25, 0.3) is 0 Å². The second-order valence-electron chi connectivity index (χ2n) is 5.84. The Hall–Kier alpha value is -2.56. The van der Waals surface area contributed by atoms with Crippen molar-refractivity contribution in [2.24, 2.45) is 0 Å². The lowest BCUT2D eigenvalue weighted by Gasteiger charge is -2.17. The molecule has 0 unspecified atom stereocenters. The first kappa shape index (κ1) is 17.8. The van der Waals surface area contributed by atoms with Crippen molar-refractivity contribution in [2.45, 2.75) is 26.7 Å². The maximum Gasteiger partial charge on any atom is 0.255 e. The van der Waals surface area contributed by atoms with E-state index in [9.17, 15) is 4.79 Å². The molecule has 5 nitrogen and oxygen atoms in total. The molecule has 0 aliphatic heterocycles. The molecule has 1 N–H and O–H groups in total. The van der Waals surface area contributed by atoms with Gasteiger partial charge in [0.2, 0.25) is 0 Å². The van der Waals surface area contributed by atoms with Gasteiger partial charge in [-0.1, -0.05) is 19.4 Å². The van der Waals surface area contributed by atoms with Crippen molar-refractivity contribution in [1.82, 2.24) is 9.88 Å². The van der Waals surface area contributed by atoms with E-state index >= 15 is 0 Å². The Balaban J connectivity index is 2.10. The van der Waals surface area contributed by atoms with Crippen LogP contribution in [0.1, 0.15) is 35.7 Å². The number of carbonyl (C=O) groups is 1. The van der Waals surface area contributed by atoms with Gasteiger partial charge in [0.05, 0.1) is 18.4 Å². The molecule has 0 saturated carbocycles.